The number of allylic oxidation sites excluding steroid dienone is 3. The predicted molar refractivity (Wildman–Crippen MR) is 104 cm³/mol. The zero-order valence-corrected chi connectivity index (χ0v) is 17.0. The van der Waals surface area contributed by atoms with Gasteiger partial charge < -0.3 is 4.74 Å². The van der Waals surface area contributed by atoms with E-state index in [2.05, 4.69) is 32.1 Å². The molecule has 7 rings (SSSR count). The molecular weight excluding hydrogens is 348 g/mol. The summed E-state index contributed by atoms with van der Waals surface area (Å²) >= 11 is 0. The van der Waals surface area contributed by atoms with Crippen LogP contribution in [0.5, 0.6) is 0 Å². The fourth-order valence-corrected chi connectivity index (χ4v) is 9.34. The van der Waals surface area contributed by atoms with Crippen LogP contribution in [0, 0.1) is 45.8 Å². The van der Waals surface area contributed by atoms with Gasteiger partial charge in [-0.3, -0.25) is 9.59 Å². The van der Waals surface area contributed by atoms with Gasteiger partial charge in [-0.2, -0.15) is 0 Å². The van der Waals surface area contributed by atoms with Gasteiger partial charge in [0.05, 0.1) is 0 Å². The molecule has 5 fully saturated rings. The lowest BCUT2D eigenvalue weighted by Crippen LogP contribution is -2.56. The Morgan fingerprint density at radius 2 is 1.86 bits per heavy atom. The van der Waals surface area contributed by atoms with Crippen LogP contribution >= 0.6 is 0 Å². The first-order valence-electron chi connectivity index (χ1n) is 11.5. The second kappa shape index (κ2) is 4.52. The van der Waals surface area contributed by atoms with Crippen LogP contribution in [0.1, 0.15) is 65.2 Å². The van der Waals surface area contributed by atoms with Crippen LogP contribution in [-0.2, 0) is 14.3 Å². The van der Waals surface area contributed by atoms with Crippen LogP contribution in [0.3, 0.4) is 0 Å². The Balaban J connectivity index is 1.38. The Morgan fingerprint density at radius 1 is 1.04 bits per heavy atom. The lowest BCUT2D eigenvalue weighted by molar-refractivity contribution is -0.162. The number of hydrogen-bond donors (Lipinski definition) is 0. The molecule has 0 aromatic carbocycles. The highest BCUT2D eigenvalue weighted by molar-refractivity contribution is 5.92. The first-order valence-corrected chi connectivity index (χ1v) is 11.5. The number of fused-ring (bicyclic) bond motifs is 10. The van der Waals surface area contributed by atoms with Crippen molar-refractivity contribution in [2.45, 2.75) is 70.8 Å². The monoisotopic (exact) mass is 378 g/mol. The van der Waals surface area contributed by atoms with E-state index in [0.29, 0.717) is 47.7 Å². The lowest BCUT2D eigenvalue weighted by Gasteiger charge is -2.59. The normalized spacial score (nSPS) is 56.6. The minimum atomic E-state index is -0.225. The first kappa shape index (κ1) is 16.4. The molecule has 0 bridgehead atoms. The third-order valence-electron chi connectivity index (χ3n) is 10.7. The molecule has 3 nitrogen and oxygen atoms in total. The maximum Gasteiger partial charge on any atom is 0.306 e. The maximum absolute atomic E-state index is 12.3. The van der Waals surface area contributed by atoms with Crippen molar-refractivity contribution in [3.63, 3.8) is 0 Å². The molecule has 8 atom stereocenters. The van der Waals surface area contributed by atoms with E-state index in [0.717, 1.165) is 18.8 Å². The van der Waals surface area contributed by atoms with Crippen LogP contribution in [0.15, 0.2) is 23.8 Å². The summed E-state index contributed by atoms with van der Waals surface area (Å²) in [5, 5.41) is 0. The highest BCUT2D eigenvalue weighted by Gasteiger charge is 2.79. The van der Waals surface area contributed by atoms with Gasteiger partial charge in [0.25, 0.3) is 0 Å². The summed E-state index contributed by atoms with van der Waals surface area (Å²) in [6.45, 7) is 4.87. The van der Waals surface area contributed by atoms with Crippen LogP contribution in [-0.4, -0.2) is 17.4 Å². The molecule has 6 aliphatic carbocycles. The van der Waals surface area contributed by atoms with Gasteiger partial charge in [0.2, 0.25) is 0 Å². The second-order valence-corrected chi connectivity index (χ2v) is 11.7. The molecular formula is C25H30O3. The van der Waals surface area contributed by atoms with Gasteiger partial charge in [-0.1, -0.05) is 31.6 Å². The van der Waals surface area contributed by atoms with Gasteiger partial charge >= 0.3 is 5.97 Å². The van der Waals surface area contributed by atoms with Gasteiger partial charge in [0.15, 0.2) is 5.78 Å². The SMILES string of the molecule is C[C@]12CCC(=O)C=C1C1(CC1)CC1C2C=C[C@@]2(C)C1C1CC1[C@@]21CCC(=O)O1. The van der Waals surface area contributed by atoms with E-state index in [9.17, 15) is 9.59 Å². The summed E-state index contributed by atoms with van der Waals surface area (Å²) < 4.78 is 6.18. The van der Waals surface area contributed by atoms with Crippen molar-refractivity contribution in [2.24, 2.45) is 45.8 Å². The molecule has 3 heteroatoms. The molecule has 0 N–H and O–H groups in total. The third kappa shape index (κ3) is 1.60. The summed E-state index contributed by atoms with van der Waals surface area (Å²) in [6.07, 6.45) is 15.4. The Kier molecular flexibility index (Phi) is 2.65. The Bertz CT molecular complexity index is 893. The number of esters is 1. The molecule has 0 aromatic rings. The lowest BCUT2D eigenvalue weighted by atomic mass is 9.45. The van der Waals surface area contributed by atoms with E-state index >= 15 is 0 Å². The van der Waals surface area contributed by atoms with Crippen LogP contribution in [0.2, 0.25) is 0 Å². The molecule has 7 aliphatic rings. The summed E-state index contributed by atoms with van der Waals surface area (Å²) in [5.41, 5.74) is 1.74. The predicted octanol–water partition coefficient (Wildman–Crippen LogP) is 4.62. The fourth-order valence-electron chi connectivity index (χ4n) is 9.34. The topological polar surface area (TPSA) is 43.4 Å². The van der Waals surface area contributed by atoms with E-state index in [1.807, 2.05) is 0 Å². The van der Waals surface area contributed by atoms with Crippen molar-refractivity contribution in [3.05, 3.63) is 23.8 Å². The quantitative estimate of drug-likeness (QED) is 0.456. The summed E-state index contributed by atoms with van der Waals surface area (Å²) in [7, 11) is 0. The molecule has 28 heavy (non-hydrogen) atoms. The summed E-state index contributed by atoms with van der Waals surface area (Å²) in [4.78, 5) is 24.5. The molecule has 5 unspecified atom stereocenters. The van der Waals surface area contributed by atoms with Crippen molar-refractivity contribution >= 4 is 11.8 Å². The molecule has 0 aromatic heterocycles. The number of ether oxygens (including phenoxy) is 1. The molecule has 1 saturated heterocycles. The highest BCUT2D eigenvalue weighted by Crippen LogP contribution is 2.80. The number of carbonyl (C=O) groups excluding carboxylic acids is 2. The van der Waals surface area contributed by atoms with E-state index in [4.69, 9.17) is 4.74 Å². The number of carbonyl (C=O) groups is 2. The molecule has 4 saturated carbocycles. The van der Waals surface area contributed by atoms with Gasteiger partial charge in [0.1, 0.15) is 5.60 Å². The van der Waals surface area contributed by atoms with Crippen LogP contribution in [0.25, 0.3) is 0 Å². The van der Waals surface area contributed by atoms with E-state index in [1.54, 1.807) is 0 Å². The molecule has 148 valence electrons. The molecule has 1 heterocycles. The third-order valence-corrected chi connectivity index (χ3v) is 10.7. The van der Waals surface area contributed by atoms with Crippen molar-refractivity contribution < 1.29 is 14.3 Å². The smallest absolute Gasteiger partial charge is 0.306 e. The maximum atomic E-state index is 12.3. The highest BCUT2D eigenvalue weighted by atomic mass is 16.6. The molecule has 1 aliphatic heterocycles. The van der Waals surface area contributed by atoms with Gasteiger partial charge in [-0.25, -0.2) is 0 Å². The van der Waals surface area contributed by atoms with Crippen molar-refractivity contribution in [3.8, 4) is 0 Å². The zero-order chi connectivity index (χ0) is 19.1. The van der Waals surface area contributed by atoms with E-state index < -0.39 is 0 Å². The van der Waals surface area contributed by atoms with Crippen LogP contribution < -0.4 is 0 Å². The van der Waals surface area contributed by atoms with Crippen molar-refractivity contribution in [2.75, 3.05) is 0 Å². The van der Waals surface area contributed by atoms with Gasteiger partial charge in [-0.05, 0) is 79.1 Å². The van der Waals surface area contributed by atoms with Gasteiger partial charge in [0, 0.05) is 24.2 Å². The van der Waals surface area contributed by atoms with E-state index in [-0.39, 0.29) is 22.4 Å². The molecule has 2 spiro atoms. The Labute approximate surface area is 167 Å². The zero-order valence-electron chi connectivity index (χ0n) is 17.0. The molecule has 0 radical (unpaired) electrons. The first-order chi connectivity index (χ1) is 13.3. The number of rotatable bonds is 0. The van der Waals surface area contributed by atoms with Crippen molar-refractivity contribution in [1.82, 2.24) is 0 Å². The fraction of sp³-hybridized carbons (Fsp3) is 0.760. The van der Waals surface area contributed by atoms with Crippen molar-refractivity contribution in [1.29, 1.82) is 0 Å². The Hall–Kier alpha value is -1.38. The summed E-state index contributed by atoms with van der Waals surface area (Å²) in [6, 6.07) is 0. The molecule has 0 amide bonds. The van der Waals surface area contributed by atoms with Gasteiger partial charge in [-0.15, -0.1) is 0 Å². The number of ketones is 1. The second-order valence-electron chi connectivity index (χ2n) is 11.7. The average Bonchev–Trinajstić information content (AvgIpc) is 3.55. The van der Waals surface area contributed by atoms with Crippen LogP contribution in [0.4, 0.5) is 0 Å². The van der Waals surface area contributed by atoms with E-state index in [1.165, 1.54) is 31.3 Å². The summed E-state index contributed by atoms with van der Waals surface area (Å²) in [5.74, 6) is 3.57. The minimum Gasteiger partial charge on any atom is -0.458 e. The number of hydrogen-bond acceptors (Lipinski definition) is 3. The standard InChI is InChI=1S/C25H30O3/c1-22-6-3-14(26)11-19(22)24(9-10-24)13-16-17(22)4-7-23(2)21(16)15-12-18(15)25(23)8-5-20(27)28-25/h4,7,11,15-18,21H,3,5-6,8-10,12-13H2,1-2H3/t15?,16?,17?,18?,21?,22-,23+,25+/m1/s1. The Morgan fingerprint density at radius 3 is 2.57 bits per heavy atom. The average molecular weight is 379 g/mol. The minimum absolute atomic E-state index is 0.00601. The largest absolute Gasteiger partial charge is 0.458 e.